The minimum Gasteiger partial charge on any atom is -0.394 e. The van der Waals surface area contributed by atoms with E-state index in [4.69, 9.17) is 0 Å². The summed E-state index contributed by atoms with van der Waals surface area (Å²) in [5, 5.41) is 9.31. The Bertz CT molecular complexity index is 453. The van der Waals surface area contributed by atoms with Gasteiger partial charge < -0.3 is 10.0 Å². The van der Waals surface area contributed by atoms with Crippen LogP contribution in [0.3, 0.4) is 0 Å². The van der Waals surface area contributed by atoms with E-state index in [1.54, 1.807) is 4.90 Å². The fourth-order valence-electron chi connectivity index (χ4n) is 2.34. The summed E-state index contributed by atoms with van der Waals surface area (Å²) < 4.78 is 39.5. The molecule has 19 heavy (non-hydrogen) atoms. The van der Waals surface area contributed by atoms with Crippen molar-refractivity contribution in [2.24, 2.45) is 0 Å². The van der Waals surface area contributed by atoms with Gasteiger partial charge in [-0.2, -0.15) is 13.2 Å². The quantitative estimate of drug-likeness (QED) is 0.899. The van der Waals surface area contributed by atoms with Gasteiger partial charge in [-0.25, -0.2) is 4.98 Å². The molecular formula is C12H14BrF3N2O. The summed E-state index contributed by atoms with van der Waals surface area (Å²) >= 11 is 3.01. The van der Waals surface area contributed by atoms with Crippen molar-refractivity contribution in [2.45, 2.75) is 31.5 Å². The molecule has 2 heterocycles. The van der Waals surface area contributed by atoms with Gasteiger partial charge in [-0.05, 0) is 41.3 Å². The normalized spacial score (nSPS) is 20.7. The molecule has 1 unspecified atom stereocenters. The second-order valence-electron chi connectivity index (χ2n) is 4.55. The maximum absolute atomic E-state index is 13.1. The first kappa shape index (κ1) is 14.6. The van der Waals surface area contributed by atoms with E-state index in [2.05, 4.69) is 20.9 Å². The summed E-state index contributed by atoms with van der Waals surface area (Å²) in [4.78, 5) is 5.48. The Morgan fingerprint density at radius 1 is 1.42 bits per heavy atom. The molecule has 0 aliphatic carbocycles. The highest BCUT2D eigenvalue weighted by Crippen LogP contribution is 2.38. The molecule has 0 amide bonds. The number of nitrogens with zero attached hydrogens (tertiary/aromatic N) is 2. The van der Waals surface area contributed by atoms with Gasteiger partial charge in [-0.3, -0.25) is 0 Å². The van der Waals surface area contributed by atoms with Crippen molar-refractivity contribution in [1.29, 1.82) is 0 Å². The molecule has 1 N–H and O–H groups in total. The van der Waals surface area contributed by atoms with Gasteiger partial charge in [-0.1, -0.05) is 0 Å². The number of hydrogen-bond acceptors (Lipinski definition) is 3. The first-order chi connectivity index (χ1) is 8.93. The van der Waals surface area contributed by atoms with Crippen molar-refractivity contribution in [3.8, 4) is 0 Å². The molecule has 0 radical (unpaired) electrons. The number of halogens is 4. The van der Waals surface area contributed by atoms with Crippen molar-refractivity contribution >= 4 is 21.7 Å². The second-order valence-corrected chi connectivity index (χ2v) is 5.46. The van der Waals surface area contributed by atoms with E-state index >= 15 is 0 Å². The van der Waals surface area contributed by atoms with Gasteiger partial charge in [0, 0.05) is 17.2 Å². The zero-order chi connectivity index (χ0) is 14.0. The van der Waals surface area contributed by atoms with E-state index in [0.29, 0.717) is 17.4 Å². The van der Waals surface area contributed by atoms with Gasteiger partial charge in [0.2, 0.25) is 0 Å². The highest BCUT2D eigenvalue weighted by molar-refractivity contribution is 9.10. The second kappa shape index (κ2) is 5.66. The van der Waals surface area contributed by atoms with Gasteiger partial charge in [-0.15, -0.1) is 0 Å². The average molecular weight is 339 g/mol. The van der Waals surface area contributed by atoms with E-state index in [9.17, 15) is 18.3 Å². The Balaban J connectivity index is 2.43. The van der Waals surface area contributed by atoms with Gasteiger partial charge >= 0.3 is 6.18 Å². The van der Waals surface area contributed by atoms with Crippen molar-refractivity contribution in [3.63, 3.8) is 0 Å². The van der Waals surface area contributed by atoms with Crippen molar-refractivity contribution in [3.05, 3.63) is 22.3 Å². The number of aliphatic hydroxyl groups excluding tert-OH is 1. The van der Waals surface area contributed by atoms with E-state index in [0.717, 1.165) is 18.9 Å². The van der Waals surface area contributed by atoms with Crippen LogP contribution in [0, 0.1) is 0 Å². The first-order valence-corrected chi connectivity index (χ1v) is 6.83. The van der Waals surface area contributed by atoms with Gasteiger partial charge in [0.1, 0.15) is 5.82 Å². The van der Waals surface area contributed by atoms with Crippen LogP contribution in [0.5, 0.6) is 0 Å². The lowest BCUT2D eigenvalue weighted by molar-refractivity contribution is -0.137. The van der Waals surface area contributed by atoms with Crippen LogP contribution in [0.15, 0.2) is 16.7 Å². The number of anilines is 1. The Morgan fingerprint density at radius 2 is 2.16 bits per heavy atom. The van der Waals surface area contributed by atoms with Crippen LogP contribution >= 0.6 is 15.9 Å². The molecule has 0 saturated carbocycles. The highest BCUT2D eigenvalue weighted by atomic mass is 79.9. The molecule has 1 aromatic heterocycles. The fraction of sp³-hybridized carbons (Fsp3) is 0.583. The Hall–Kier alpha value is -0.820. The van der Waals surface area contributed by atoms with Crippen molar-refractivity contribution < 1.29 is 18.3 Å². The highest BCUT2D eigenvalue weighted by Gasteiger charge is 2.37. The predicted molar refractivity (Wildman–Crippen MR) is 69.0 cm³/mol. The zero-order valence-corrected chi connectivity index (χ0v) is 11.7. The molecular weight excluding hydrogens is 325 g/mol. The van der Waals surface area contributed by atoms with E-state index in [1.165, 1.54) is 6.20 Å². The smallest absolute Gasteiger partial charge is 0.394 e. The van der Waals surface area contributed by atoms with Crippen molar-refractivity contribution in [1.82, 2.24) is 4.98 Å². The lowest BCUT2D eigenvalue weighted by Crippen LogP contribution is -2.43. The third kappa shape index (κ3) is 3.20. The van der Waals surface area contributed by atoms with Crippen LogP contribution in [0.1, 0.15) is 24.8 Å². The largest absolute Gasteiger partial charge is 0.419 e. The molecule has 7 heteroatoms. The number of pyridine rings is 1. The summed E-state index contributed by atoms with van der Waals surface area (Å²) in [7, 11) is 0. The zero-order valence-electron chi connectivity index (χ0n) is 10.1. The minimum absolute atomic E-state index is 0.0885. The van der Waals surface area contributed by atoms with Crippen LogP contribution in [-0.2, 0) is 6.18 Å². The molecule has 1 fully saturated rings. The maximum Gasteiger partial charge on any atom is 0.419 e. The third-order valence-electron chi connectivity index (χ3n) is 3.25. The Morgan fingerprint density at radius 3 is 2.79 bits per heavy atom. The third-order valence-corrected chi connectivity index (χ3v) is 3.68. The lowest BCUT2D eigenvalue weighted by atomic mass is 10.0. The molecule has 0 spiro atoms. The number of aliphatic hydroxyl groups is 1. The summed E-state index contributed by atoms with van der Waals surface area (Å²) in [6, 6.07) is 0.745. The van der Waals surface area contributed by atoms with E-state index in [-0.39, 0.29) is 18.5 Å². The van der Waals surface area contributed by atoms with Gasteiger partial charge in [0.05, 0.1) is 18.2 Å². The van der Waals surface area contributed by atoms with E-state index in [1.807, 2.05) is 0 Å². The minimum atomic E-state index is -4.45. The van der Waals surface area contributed by atoms with Crippen LogP contribution in [-0.4, -0.2) is 29.3 Å². The molecule has 106 valence electrons. The van der Waals surface area contributed by atoms with E-state index < -0.39 is 11.7 Å². The molecule has 1 aromatic rings. The topological polar surface area (TPSA) is 36.4 Å². The molecule has 1 aliphatic rings. The molecule has 2 rings (SSSR count). The van der Waals surface area contributed by atoms with Gasteiger partial charge in [0.15, 0.2) is 0 Å². The molecule has 1 aliphatic heterocycles. The number of piperidine rings is 1. The Kier molecular flexibility index (Phi) is 4.35. The summed E-state index contributed by atoms with van der Waals surface area (Å²) in [6.45, 7) is 0.331. The standard InChI is InChI=1S/C12H14BrF3N2O/c13-8-5-10(12(14,15)16)11(17-6-8)18-4-2-1-3-9(18)7-19/h5-6,9,19H,1-4,7H2. The predicted octanol–water partition coefficient (Wildman–Crippen LogP) is 3.21. The average Bonchev–Trinajstić information content (AvgIpc) is 2.37. The maximum atomic E-state index is 13.1. The molecule has 1 saturated heterocycles. The fourth-order valence-corrected chi connectivity index (χ4v) is 2.67. The molecule has 0 aromatic carbocycles. The van der Waals surface area contributed by atoms with Crippen LogP contribution < -0.4 is 4.90 Å². The number of alkyl halides is 3. The molecule has 0 bridgehead atoms. The number of rotatable bonds is 2. The summed E-state index contributed by atoms with van der Waals surface area (Å²) in [5.74, 6) is -0.0885. The monoisotopic (exact) mass is 338 g/mol. The lowest BCUT2D eigenvalue weighted by Gasteiger charge is -2.36. The molecule has 3 nitrogen and oxygen atoms in total. The SMILES string of the molecule is OCC1CCCCN1c1ncc(Br)cc1C(F)(F)F. The Labute approximate surface area is 117 Å². The van der Waals surface area contributed by atoms with Crippen LogP contribution in [0.2, 0.25) is 0 Å². The van der Waals surface area contributed by atoms with Crippen LogP contribution in [0.4, 0.5) is 19.0 Å². The van der Waals surface area contributed by atoms with Crippen molar-refractivity contribution in [2.75, 3.05) is 18.1 Å². The number of hydrogen-bond donors (Lipinski definition) is 1. The summed E-state index contributed by atoms with van der Waals surface area (Å²) in [6.07, 6.45) is -0.687. The van der Waals surface area contributed by atoms with Gasteiger partial charge in [0.25, 0.3) is 0 Å². The first-order valence-electron chi connectivity index (χ1n) is 6.03. The number of aromatic nitrogens is 1. The summed E-state index contributed by atoms with van der Waals surface area (Å²) in [5.41, 5.74) is -0.762. The van der Waals surface area contributed by atoms with Crippen LogP contribution in [0.25, 0.3) is 0 Å². The molecule has 1 atom stereocenters.